The molecule has 1 amide bonds. The summed E-state index contributed by atoms with van der Waals surface area (Å²) in [6, 6.07) is 3.72. The minimum atomic E-state index is 0.0435. The molecule has 0 aromatic carbocycles. The maximum atomic E-state index is 12.1. The summed E-state index contributed by atoms with van der Waals surface area (Å²) in [5.41, 5.74) is 0.817. The van der Waals surface area contributed by atoms with Gasteiger partial charge in [-0.05, 0) is 30.9 Å². The molecule has 1 unspecified atom stereocenters. The zero-order valence-corrected chi connectivity index (χ0v) is 15.0. The Hall–Kier alpha value is -2.32. The zero-order chi connectivity index (χ0) is 18.2. The third-order valence-corrected chi connectivity index (χ3v) is 4.45. The molecule has 1 aliphatic rings. The fourth-order valence-electron chi connectivity index (χ4n) is 2.98. The minimum Gasteiger partial charge on any atom is -0.382 e. The largest absolute Gasteiger partial charge is 0.382 e. The normalized spacial score (nSPS) is 17.0. The number of pyridine rings is 1. The van der Waals surface area contributed by atoms with Crippen molar-refractivity contribution in [1.29, 1.82) is 0 Å². The molecule has 0 spiro atoms. The number of amides is 1. The lowest BCUT2D eigenvalue weighted by Crippen LogP contribution is -2.32. The molecule has 1 saturated heterocycles. The number of carbonyl (C=O) groups excluding carboxylic acids is 1. The monoisotopic (exact) mass is 360 g/mol. The molecule has 140 valence electrons. The molecule has 0 aliphatic carbocycles. The van der Waals surface area contributed by atoms with E-state index < -0.39 is 0 Å². The van der Waals surface area contributed by atoms with E-state index in [1.807, 2.05) is 17.0 Å². The summed E-state index contributed by atoms with van der Waals surface area (Å²) in [7, 11) is 1.61. The maximum absolute atomic E-state index is 12.1. The number of hydrogen-bond acceptors (Lipinski definition) is 7. The predicted octanol–water partition coefficient (Wildman–Crippen LogP) is 1.58. The highest BCUT2D eigenvalue weighted by Crippen LogP contribution is 2.22. The molecule has 8 heteroatoms. The van der Waals surface area contributed by atoms with Crippen LogP contribution in [0.2, 0.25) is 0 Å². The third-order valence-electron chi connectivity index (χ3n) is 4.45. The highest BCUT2D eigenvalue weighted by Gasteiger charge is 2.26. The van der Waals surface area contributed by atoms with Crippen LogP contribution in [-0.4, -0.2) is 66.0 Å². The molecule has 1 atom stereocenters. The van der Waals surface area contributed by atoms with Gasteiger partial charge in [0.05, 0.1) is 18.8 Å². The molecule has 3 rings (SSSR count). The van der Waals surface area contributed by atoms with Crippen molar-refractivity contribution in [3.05, 3.63) is 30.4 Å². The molecule has 3 heterocycles. The Morgan fingerprint density at radius 1 is 1.42 bits per heavy atom. The van der Waals surface area contributed by atoms with Gasteiger partial charge in [-0.3, -0.25) is 9.78 Å². The number of carbonyl (C=O) groups is 1. The first kappa shape index (κ1) is 18.5. The van der Waals surface area contributed by atoms with Gasteiger partial charge >= 0.3 is 0 Å². The first-order chi connectivity index (χ1) is 12.8. The topological polar surface area (TPSA) is 90.6 Å². The second-order valence-corrected chi connectivity index (χ2v) is 6.34. The number of aryl methyl sites for hydroxylation is 1. The van der Waals surface area contributed by atoms with Gasteiger partial charge in [-0.25, -0.2) is 0 Å². The average molecular weight is 360 g/mol. The van der Waals surface area contributed by atoms with Crippen molar-refractivity contribution in [1.82, 2.24) is 20.0 Å². The van der Waals surface area contributed by atoms with E-state index in [1.165, 1.54) is 0 Å². The summed E-state index contributed by atoms with van der Waals surface area (Å²) in [5.74, 6) is 1.68. The predicted molar refractivity (Wildman–Crippen MR) is 93.2 cm³/mol. The molecular formula is C18H24N4O4. The van der Waals surface area contributed by atoms with Crippen LogP contribution in [0.3, 0.4) is 0 Å². The van der Waals surface area contributed by atoms with E-state index >= 15 is 0 Å². The molecule has 2 aromatic rings. The van der Waals surface area contributed by atoms with Gasteiger partial charge in [-0.1, -0.05) is 5.16 Å². The lowest BCUT2D eigenvalue weighted by Gasteiger charge is -2.16. The fraction of sp³-hybridized carbons (Fsp3) is 0.556. The van der Waals surface area contributed by atoms with Crippen molar-refractivity contribution < 1.29 is 18.8 Å². The Labute approximate surface area is 152 Å². The van der Waals surface area contributed by atoms with Crippen molar-refractivity contribution >= 4 is 5.91 Å². The second kappa shape index (κ2) is 9.40. The number of aromatic nitrogens is 3. The van der Waals surface area contributed by atoms with Gasteiger partial charge in [0.2, 0.25) is 5.91 Å². The second-order valence-electron chi connectivity index (χ2n) is 6.34. The number of likely N-dealkylation sites (tertiary alicyclic amines) is 1. The van der Waals surface area contributed by atoms with E-state index in [-0.39, 0.29) is 12.5 Å². The Balaban J connectivity index is 1.41. The number of methoxy groups -OCH3 is 1. The van der Waals surface area contributed by atoms with E-state index in [1.54, 1.807) is 19.5 Å². The van der Waals surface area contributed by atoms with Crippen LogP contribution in [0.15, 0.2) is 29.0 Å². The molecule has 1 aliphatic heterocycles. The summed E-state index contributed by atoms with van der Waals surface area (Å²) >= 11 is 0. The van der Waals surface area contributed by atoms with Crippen molar-refractivity contribution in [3.63, 3.8) is 0 Å². The molecule has 1 fully saturated rings. The van der Waals surface area contributed by atoms with Crippen LogP contribution in [-0.2, 0) is 20.7 Å². The molecule has 0 bridgehead atoms. The zero-order valence-electron chi connectivity index (χ0n) is 15.0. The van der Waals surface area contributed by atoms with Crippen molar-refractivity contribution in [3.8, 4) is 11.5 Å². The smallest absolute Gasteiger partial charge is 0.259 e. The van der Waals surface area contributed by atoms with Crippen LogP contribution in [0, 0.1) is 5.92 Å². The van der Waals surface area contributed by atoms with E-state index in [0.29, 0.717) is 30.8 Å². The molecular weight excluding hydrogens is 336 g/mol. The van der Waals surface area contributed by atoms with E-state index in [9.17, 15) is 4.79 Å². The van der Waals surface area contributed by atoms with Gasteiger partial charge in [0.25, 0.3) is 5.89 Å². The SMILES string of the molecule is COCCOCC(=O)N1CCC(CCc2noc(-c3cccnc3)n2)C1. The molecule has 0 radical (unpaired) electrons. The molecule has 0 N–H and O–H groups in total. The molecule has 2 aromatic heterocycles. The van der Waals surface area contributed by atoms with Crippen LogP contribution in [0.1, 0.15) is 18.7 Å². The van der Waals surface area contributed by atoms with Gasteiger partial charge in [0.1, 0.15) is 6.61 Å². The van der Waals surface area contributed by atoms with Crippen LogP contribution >= 0.6 is 0 Å². The van der Waals surface area contributed by atoms with Crippen molar-refractivity contribution in [2.75, 3.05) is 40.0 Å². The first-order valence-corrected chi connectivity index (χ1v) is 8.83. The lowest BCUT2D eigenvalue weighted by molar-refractivity contribution is -0.135. The van der Waals surface area contributed by atoms with E-state index in [4.69, 9.17) is 14.0 Å². The van der Waals surface area contributed by atoms with Crippen LogP contribution < -0.4 is 0 Å². The van der Waals surface area contributed by atoms with Crippen molar-refractivity contribution in [2.45, 2.75) is 19.3 Å². The number of hydrogen-bond donors (Lipinski definition) is 0. The first-order valence-electron chi connectivity index (χ1n) is 8.83. The summed E-state index contributed by atoms with van der Waals surface area (Å²) < 4.78 is 15.5. The summed E-state index contributed by atoms with van der Waals surface area (Å²) in [5, 5.41) is 4.04. The van der Waals surface area contributed by atoms with Gasteiger partial charge < -0.3 is 18.9 Å². The van der Waals surface area contributed by atoms with Crippen LogP contribution in [0.5, 0.6) is 0 Å². The van der Waals surface area contributed by atoms with Gasteiger partial charge in [-0.2, -0.15) is 4.98 Å². The maximum Gasteiger partial charge on any atom is 0.259 e. The Morgan fingerprint density at radius 3 is 3.15 bits per heavy atom. The average Bonchev–Trinajstić information content (AvgIpc) is 3.33. The quantitative estimate of drug-likeness (QED) is 0.627. The molecule has 8 nitrogen and oxygen atoms in total. The van der Waals surface area contributed by atoms with Gasteiger partial charge in [0.15, 0.2) is 5.82 Å². The number of rotatable bonds is 9. The van der Waals surface area contributed by atoms with Gasteiger partial charge in [-0.15, -0.1) is 0 Å². The Morgan fingerprint density at radius 2 is 2.35 bits per heavy atom. The van der Waals surface area contributed by atoms with Crippen LogP contribution in [0.25, 0.3) is 11.5 Å². The number of ether oxygens (including phenoxy) is 2. The van der Waals surface area contributed by atoms with Crippen molar-refractivity contribution in [2.24, 2.45) is 5.92 Å². The van der Waals surface area contributed by atoms with Crippen LogP contribution in [0.4, 0.5) is 0 Å². The standard InChI is InChI=1S/C18H24N4O4/c1-24-9-10-25-13-17(23)22-8-6-14(12-22)4-5-16-20-18(26-21-16)15-3-2-7-19-11-15/h2-3,7,11,14H,4-6,8-10,12-13H2,1H3. The summed E-state index contributed by atoms with van der Waals surface area (Å²) in [6.07, 6.45) is 6.07. The summed E-state index contributed by atoms with van der Waals surface area (Å²) in [4.78, 5) is 22.4. The molecule has 0 saturated carbocycles. The fourth-order valence-corrected chi connectivity index (χ4v) is 2.98. The Bertz CT molecular complexity index is 692. The van der Waals surface area contributed by atoms with E-state index in [0.717, 1.165) is 37.9 Å². The number of nitrogens with zero attached hydrogens (tertiary/aromatic N) is 4. The lowest BCUT2D eigenvalue weighted by atomic mass is 10.0. The summed E-state index contributed by atoms with van der Waals surface area (Å²) in [6.45, 7) is 2.61. The third kappa shape index (κ3) is 5.09. The Kier molecular flexibility index (Phi) is 6.68. The van der Waals surface area contributed by atoms with Gasteiger partial charge in [0, 0.05) is 39.0 Å². The highest BCUT2D eigenvalue weighted by molar-refractivity contribution is 5.77. The van der Waals surface area contributed by atoms with E-state index in [2.05, 4.69) is 15.1 Å². The highest BCUT2D eigenvalue weighted by atomic mass is 16.5. The minimum absolute atomic E-state index is 0.0435. The molecule has 26 heavy (non-hydrogen) atoms.